The van der Waals surface area contributed by atoms with Crippen molar-refractivity contribution < 1.29 is 0 Å². The summed E-state index contributed by atoms with van der Waals surface area (Å²) in [6.07, 6.45) is 29.0. The molecule has 3 heteroatoms. The van der Waals surface area contributed by atoms with Gasteiger partial charge in [0.1, 0.15) is 0 Å². The number of rotatable bonds is 10. The SMILES string of the molecule is c1ccc(P(c2ccccc2)c2cccc(-c3ccccc3P(C3CCCCC3)C3CCCCC3)c2P(C2CCCCC2)C2CCCCC2)cc1. The molecule has 4 saturated carbocycles. The van der Waals surface area contributed by atoms with Gasteiger partial charge in [-0.1, -0.05) is 196 Å². The van der Waals surface area contributed by atoms with E-state index in [1.807, 2.05) is 5.30 Å². The molecule has 0 saturated heterocycles. The van der Waals surface area contributed by atoms with Gasteiger partial charge in [-0.2, -0.15) is 0 Å². The molecule has 0 aliphatic heterocycles. The highest BCUT2D eigenvalue weighted by atomic mass is 31.1. The van der Waals surface area contributed by atoms with E-state index in [0.717, 1.165) is 22.6 Å². The molecule has 51 heavy (non-hydrogen) atoms. The first-order valence-electron chi connectivity index (χ1n) is 21.1. The van der Waals surface area contributed by atoms with Crippen molar-refractivity contribution in [2.45, 2.75) is 151 Å². The van der Waals surface area contributed by atoms with Gasteiger partial charge < -0.3 is 0 Å². The lowest BCUT2D eigenvalue weighted by Crippen LogP contribution is -2.37. The summed E-state index contributed by atoms with van der Waals surface area (Å²) in [5.74, 6) is 0. The third kappa shape index (κ3) is 8.31. The molecular formula is C48H61P3. The quantitative estimate of drug-likeness (QED) is 0.143. The minimum absolute atomic E-state index is 0.197. The highest BCUT2D eigenvalue weighted by molar-refractivity contribution is 7.82. The van der Waals surface area contributed by atoms with E-state index in [2.05, 4.69) is 103 Å². The van der Waals surface area contributed by atoms with Crippen molar-refractivity contribution in [3.8, 4) is 11.1 Å². The maximum Gasteiger partial charge on any atom is -0.00678 e. The van der Waals surface area contributed by atoms with E-state index in [9.17, 15) is 0 Å². The Morgan fingerprint density at radius 1 is 0.314 bits per heavy atom. The summed E-state index contributed by atoms with van der Waals surface area (Å²) in [7, 11) is -1.18. The second-order valence-electron chi connectivity index (χ2n) is 16.2. The minimum atomic E-state index is -0.676. The summed E-state index contributed by atoms with van der Waals surface area (Å²) >= 11 is 0. The van der Waals surface area contributed by atoms with E-state index in [4.69, 9.17) is 0 Å². The first-order valence-corrected chi connectivity index (χ1v) is 25.4. The van der Waals surface area contributed by atoms with E-state index < -0.39 is 7.92 Å². The fraction of sp³-hybridized carbons (Fsp3) is 0.500. The molecule has 0 spiro atoms. The molecule has 0 bridgehead atoms. The van der Waals surface area contributed by atoms with Gasteiger partial charge in [0, 0.05) is 0 Å². The minimum Gasteiger partial charge on any atom is -0.0683 e. The number of hydrogen-bond donors (Lipinski definition) is 0. The zero-order valence-corrected chi connectivity index (χ0v) is 33.8. The largest absolute Gasteiger partial charge is 0.0683 e. The van der Waals surface area contributed by atoms with Crippen LogP contribution in [0.4, 0.5) is 0 Å². The topological polar surface area (TPSA) is 0 Å². The third-order valence-corrected chi connectivity index (χ3v) is 22.7. The van der Waals surface area contributed by atoms with Crippen LogP contribution in [0.2, 0.25) is 0 Å². The Labute approximate surface area is 314 Å². The highest BCUT2D eigenvalue weighted by Crippen LogP contribution is 2.59. The Morgan fingerprint density at radius 2 is 0.686 bits per heavy atom. The van der Waals surface area contributed by atoms with Gasteiger partial charge in [0.2, 0.25) is 0 Å². The van der Waals surface area contributed by atoms with E-state index in [1.54, 1.807) is 21.7 Å². The van der Waals surface area contributed by atoms with Crippen LogP contribution in [0.1, 0.15) is 128 Å². The van der Waals surface area contributed by atoms with Crippen LogP contribution in [0.5, 0.6) is 0 Å². The van der Waals surface area contributed by atoms with Gasteiger partial charge >= 0.3 is 0 Å². The van der Waals surface area contributed by atoms with E-state index in [0.29, 0.717) is 0 Å². The summed E-state index contributed by atoms with van der Waals surface area (Å²) in [6.45, 7) is 0. The number of benzene rings is 4. The molecule has 0 atom stereocenters. The van der Waals surface area contributed by atoms with Gasteiger partial charge in [-0.25, -0.2) is 0 Å². The Bertz CT molecular complexity index is 1570. The summed E-state index contributed by atoms with van der Waals surface area (Å²) in [6, 6.07) is 41.2. The van der Waals surface area contributed by atoms with Crippen LogP contribution < -0.4 is 26.5 Å². The van der Waals surface area contributed by atoms with Crippen LogP contribution in [0, 0.1) is 0 Å². The van der Waals surface area contributed by atoms with Gasteiger partial charge in [0.15, 0.2) is 0 Å². The van der Waals surface area contributed by atoms with Crippen LogP contribution in [-0.2, 0) is 0 Å². The third-order valence-electron chi connectivity index (χ3n) is 12.9. The Kier molecular flexibility index (Phi) is 12.8. The highest BCUT2D eigenvalue weighted by Gasteiger charge is 2.39. The van der Waals surface area contributed by atoms with Crippen molar-refractivity contribution >= 4 is 50.3 Å². The van der Waals surface area contributed by atoms with Gasteiger partial charge in [-0.15, -0.1) is 0 Å². The molecule has 4 aromatic carbocycles. The van der Waals surface area contributed by atoms with Crippen LogP contribution in [0.25, 0.3) is 11.1 Å². The van der Waals surface area contributed by atoms with Crippen molar-refractivity contribution in [1.82, 2.24) is 0 Å². The summed E-state index contributed by atoms with van der Waals surface area (Å²) in [5.41, 5.74) is 6.86. The van der Waals surface area contributed by atoms with Crippen molar-refractivity contribution in [3.63, 3.8) is 0 Å². The average molecular weight is 731 g/mol. The Hall–Kier alpha value is -1.83. The first kappa shape index (κ1) is 36.2. The predicted octanol–water partition coefficient (Wildman–Crippen LogP) is 12.7. The lowest BCUT2D eigenvalue weighted by atomic mass is 9.99. The van der Waals surface area contributed by atoms with Crippen LogP contribution >= 0.6 is 23.8 Å². The summed E-state index contributed by atoms with van der Waals surface area (Å²) < 4.78 is 0. The molecule has 4 aromatic rings. The van der Waals surface area contributed by atoms with Crippen LogP contribution in [-0.4, -0.2) is 22.6 Å². The lowest BCUT2D eigenvalue weighted by Gasteiger charge is -2.42. The van der Waals surface area contributed by atoms with Gasteiger partial charge in [0.25, 0.3) is 0 Å². The summed E-state index contributed by atoms with van der Waals surface area (Å²) in [5, 5.41) is 8.35. The van der Waals surface area contributed by atoms with Gasteiger partial charge in [-0.05, 0) is 120 Å². The molecule has 0 heterocycles. The predicted molar refractivity (Wildman–Crippen MR) is 231 cm³/mol. The van der Waals surface area contributed by atoms with E-state index in [-0.39, 0.29) is 15.8 Å². The van der Waals surface area contributed by atoms with Crippen molar-refractivity contribution in [1.29, 1.82) is 0 Å². The van der Waals surface area contributed by atoms with Crippen molar-refractivity contribution in [3.05, 3.63) is 103 Å². The first-order chi connectivity index (χ1) is 25.4. The van der Waals surface area contributed by atoms with Gasteiger partial charge in [0.05, 0.1) is 0 Å². The fourth-order valence-corrected chi connectivity index (χ4v) is 21.4. The van der Waals surface area contributed by atoms with Gasteiger partial charge in [-0.3, -0.25) is 0 Å². The standard InChI is InChI=1S/C48H61P3/c1-7-22-38(23-8-1)49(39-24-9-2-10-25-39)46-36-20-19-34-44(46)45-35-21-37-47(50(40-26-11-3-12-27-40)41-28-13-4-14-29-41)48(45)51(42-30-15-5-16-31-42)43-32-17-6-18-33-43/h3-4,11-14,19-21,26-29,34-39,42-43H,1-2,5-10,15-18,22-25,30-33H2. The Morgan fingerprint density at radius 3 is 1.16 bits per heavy atom. The smallest absolute Gasteiger partial charge is 0.00678 e. The molecule has 4 fully saturated rings. The van der Waals surface area contributed by atoms with E-state index in [1.165, 1.54) is 139 Å². The maximum absolute atomic E-state index is 2.65. The molecule has 0 unspecified atom stereocenters. The molecule has 4 aliphatic carbocycles. The molecule has 0 N–H and O–H groups in total. The zero-order chi connectivity index (χ0) is 34.2. The van der Waals surface area contributed by atoms with Crippen molar-refractivity contribution in [2.75, 3.05) is 0 Å². The number of hydrogen-bond acceptors (Lipinski definition) is 0. The molecule has 0 radical (unpaired) electrons. The second kappa shape index (κ2) is 18.0. The monoisotopic (exact) mass is 730 g/mol. The average Bonchev–Trinajstić information content (AvgIpc) is 3.21. The van der Waals surface area contributed by atoms with E-state index >= 15 is 0 Å². The molecule has 268 valence electrons. The maximum atomic E-state index is 2.65. The molecule has 8 rings (SSSR count). The Balaban J connectivity index is 1.37. The second-order valence-corrected chi connectivity index (χ2v) is 23.8. The zero-order valence-electron chi connectivity index (χ0n) is 31.1. The molecule has 0 aromatic heterocycles. The van der Waals surface area contributed by atoms with Crippen LogP contribution in [0.15, 0.2) is 103 Å². The molecular weight excluding hydrogens is 669 g/mol. The molecule has 4 aliphatic rings. The normalized spacial score (nSPS) is 20.4. The lowest BCUT2D eigenvalue weighted by molar-refractivity contribution is 0.487. The molecule has 0 nitrogen and oxygen atoms in total. The van der Waals surface area contributed by atoms with Crippen molar-refractivity contribution in [2.24, 2.45) is 0 Å². The summed E-state index contributed by atoms with van der Waals surface area (Å²) in [4.78, 5) is 0. The van der Waals surface area contributed by atoms with Crippen LogP contribution in [0.3, 0.4) is 0 Å². The fourth-order valence-electron chi connectivity index (χ4n) is 10.5. The molecule has 0 amide bonds.